The number of para-hydroxylation sites is 1. The number of benzene rings is 1. The zero-order valence-electron chi connectivity index (χ0n) is 13.3. The number of carbonyl (C=O) groups excluding carboxylic acids is 1. The number of ketones is 1. The molecule has 3 N–H and O–H groups in total. The maximum absolute atomic E-state index is 12.8. The van der Waals surface area contributed by atoms with Crippen LogP contribution in [0.4, 0.5) is 5.69 Å². The summed E-state index contributed by atoms with van der Waals surface area (Å²) < 4.78 is 0. The predicted octanol–water partition coefficient (Wildman–Crippen LogP) is 3.08. The van der Waals surface area contributed by atoms with Crippen LogP contribution in [0.15, 0.2) is 73.0 Å². The minimum atomic E-state index is -0.260. The highest BCUT2D eigenvalue weighted by molar-refractivity contribution is 6.10. The first-order chi connectivity index (χ1) is 11.6. The fourth-order valence-corrected chi connectivity index (χ4v) is 3.76. The van der Waals surface area contributed by atoms with Gasteiger partial charge in [-0.25, -0.2) is 0 Å². The number of allylic oxidation sites excluding steroid dienone is 1. The molecule has 1 aliphatic carbocycles. The molecule has 4 nitrogen and oxygen atoms in total. The van der Waals surface area contributed by atoms with Gasteiger partial charge in [-0.3, -0.25) is 4.79 Å². The van der Waals surface area contributed by atoms with E-state index in [4.69, 9.17) is 5.41 Å². The van der Waals surface area contributed by atoms with Crippen molar-refractivity contribution in [1.82, 2.24) is 5.32 Å². The molecule has 2 aliphatic heterocycles. The van der Waals surface area contributed by atoms with Crippen molar-refractivity contribution in [3.8, 4) is 0 Å². The molecule has 4 unspecified atom stereocenters. The van der Waals surface area contributed by atoms with Crippen molar-refractivity contribution < 1.29 is 4.79 Å². The second-order valence-electron chi connectivity index (χ2n) is 6.35. The molecule has 120 valence electrons. The van der Waals surface area contributed by atoms with Crippen molar-refractivity contribution >= 4 is 17.2 Å². The van der Waals surface area contributed by atoms with Crippen LogP contribution >= 0.6 is 0 Å². The van der Waals surface area contributed by atoms with Crippen LogP contribution in [-0.2, 0) is 0 Å². The topological polar surface area (TPSA) is 65.0 Å². The first kappa shape index (κ1) is 14.7. The van der Waals surface area contributed by atoms with E-state index < -0.39 is 0 Å². The second kappa shape index (κ2) is 5.34. The normalized spacial score (nSPS) is 30.5. The largest absolute Gasteiger partial charge is 0.378 e. The summed E-state index contributed by atoms with van der Waals surface area (Å²) in [5.74, 6) is -0.259. The van der Waals surface area contributed by atoms with E-state index in [9.17, 15) is 4.79 Å². The molecule has 4 atom stereocenters. The summed E-state index contributed by atoms with van der Waals surface area (Å²) in [6.07, 6.45) is 7.52. The smallest absolute Gasteiger partial charge is 0.174 e. The zero-order valence-corrected chi connectivity index (χ0v) is 13.3. The van der Waals surface area contributed by atoms with E-state index in [0.29, 0.717) is 5.71 Å². The van der Waals surface area contributed by atoms with Gasteiger partial charge in [-0.2, -0.15) is 0 Å². The average Bonchev–Trinajstić information content (AvgIpc) is 2.61. The maximum Gasteiger partial charge on any atom is 0.174 e. The highest BCUT2D eigenvalue weighted by Gasteiger charge is 2.40. The summed E-state index contributed by atoms with van der Waals surface area (Å²) in [5.41, 5.74) is 3.80. The number of nitrogens with one attached hydrogen (secondary N) is 3. The van der Waals surface area contributed by atoms with Gasteiger partial charge in [0.25, 0.3) is 0 Å². The van der Waals surface area contributed by atoms with Gasteiger partial charge in [0.2, 0.25) is 0 Å². The first-order valence-electron chi connectivity index (χ1n) is 8.08. The van der Waals surface area contributed by atoms with Crippen molar-refractivity contribution in [2.45, 2.75) is 12.1 Å². The van der Waals surface area contributed by atoms with Crippen molar-refractivity contribution in [2.75, 3.05) is 5.32 Å². The first-order valence-corrected chi connectivity index (χ1v) is 8.08. The van der Waals surface area contributed by atoms with Gasteiger partial charge in [-0.05, 0) is 18.2 Å². The van der Waals surface area contributed by atoms with Crippen molar-refractivity contribution in [3.05, 3.63) is 78.6 Å². The highest BCUT2D eigenvalue weighted by atomic mass is 16.1. The van der Waals surface area contributed by atoms with Crippen LogP contribution in [-0.4, -0.2) is 23.6 Å². The Balaban J connectivity index is 1.77. The van der Waals surface area contributed by atoms with Crippen LogP contribution in [0.3, 0.4) is 0 Å². The Morgan fingerprint density at radius 2 is 1.88 bits per heavy atom. The van der Waals surface area contributed by atoms with Gasteiger partial charge in [0.15, 0.2) is 5.78 Å². The Kier molecular flexibility index (Phi) is 3.27. The van der Waals surface area contributed by atoms with Gasteiger partial charge >= 0.3 is 0 Å². The van der Waals surface area contributed by atoms with Crippen LogP contribution in [0.5, 0.6) is 0 Å². The van der Waals surface area contributed by atoms with E-state index >= 15 is 0 Å². The summed E-state index contributed by atoms with van der Waals surface area (Å²) in [5, 5.41) is 15.4. The molecule has 1 aromatic carbocycles. The summed E-state index contributed by atoms with van der Waals surface area (Å²) in [4.78, 5) is 12.8. The van der Waals surface area contributed by atoms with E-state index in [1.807, 2.05) is 36.4 Å². The number of anilines is 1. The molecule has 0 bridgehead atoms. The van der Waals surface area contributed by atoms with Crippen LogP contribution in [0, 0.1) is 17.2 Å². The summed E-state index contributed by atoms with van der Waals surface area (Å²) in [7, 11) is 0. The Labute approximate surface area is 141 Å². The minimum absolute atomic E-state index is 0.0751. The molecule has 4 heteroatoms. The van der Waals surface area contributed by atoms with Crippen LogP contribution in [0.2, 0.25) is 0 Å². The van der Waals surface area contributed by atoms with Crippen molar-refractivity contribution in [1.29, 1.82) is 5.41 Å². The molecule has 4 rings (SSSR count). The van der Waals surface area contributed by atoms with E-state index in [1.54, 1.807) is 12.2 Å². The Morgan fingerprint density at radius 3 is 2.62 bits per heavy atom. The number of hydrogen-bond acceptors (Lipinski definition) is 4. The highest BCUT2D eigenvalue weighted by Crippen LogP contribution is 2.37. The standard InChI is InChI=1S/C20H19N3O/c1-3-11-15(4-2)22-17-10-14-18(9-13(17)19(11)21)23-16-8-6-5-7-12(16)20(14)24/h3-11,14-15,18,21-23H,1-2H2. The lowest BCUT2D eigenvalue weighted by Crippen LogP contribution is -2.48. The molecule has 0 radical (unpaired) electrons. The third-order valence-corrected chi connectivity index (χ3v) is 5.03. The Hall–Kier alpha value is -2.88. The maximum atomic E-state index is 12.8. The molecule has 1 fully saturated rings. The molecule has 24 heavy (non-hydrogen) atoms. The Morgan fingerprint density at radius 1 is 1.08 bits per heavy atom. The fraction of sp³-hybridized carbons (Fsp3) is 0.200. The lowest BCUT2D eigenvalue weighted by molar-refractivity contribution is 0.0935. The Bertz CT molecular complexity index is 833. The number of piperidine rings is 1. The fourth-order valence-electron chi connectivity index (χ4n) is 3.76. The molecule has 0 aromatic heterocycles. The molecule has 2 heterocycles. The average molecular weight is 317 g/mol. The van der Waals surface area contributed by atoms with Gasteiger partial charge in [-0.15, -0.1) is 13.2 Å². The lowest BCUT2D eigenvalue weighted by atomic mass is 9.75. The van der Waals surface area contributed by atoms with Gasteiger partial charge < -0.3 is 16.0 Å². The van der Waals surface area contributed by atoms with Crippen molar-refractivity contribution in [2.24, 2.45) is 11.8 Å². The molecule has 0 spiro atoms. The van der Waals surface area contributed by atoms with Gasteiger partial charge in [-0.1, -0.05) is 30.4 Å². The van der Waals surface area contributed by atoms with E-state index in [1.165, 1.54) is 0 Å². The third-order valence-electron chi connectivity index (χ3n) is 5.03. The number of carbonyl (C=O) groups is 1. The van der Waals surface area contributed by atoms with Crippen molar-refractivity contribution in [3.63, 3.8) is 0 Å². The number of Topliss-reactive ketones (excluding diaryl/α,β-unsaturated/α-hetero) is 1. The van der Waals surface area contributed by atoms with Gasteiger partial charge in [0.05, 0.1) is 18.0 Å². The SMILES string of the molecule is C=CC1NC2=CC3C(=O)c4ccccc4NC3C=C2C(=N)C1C=C. The number of fused-ring (bicyclic) bond motifs is 3. The van der Waals surface area contributed by atoms with Crippen LogP contribution < -0.4 is 10.6 Å². The molecule has 3 aliphatic rings. The van der Waals surface area contributed by atoms with Gasteiger partial charge in [0, 0.05) is 34.2 Å². The predicted molar refractivity (Wildman–Crippen MR) is 96.4 cm³/mol. The molecule has 0 saturated carbocycles. The van der Waals surface area contributed by atoms with E-state index in [-0.39, 0.29) is 29.7 Å². The van der Waals surface area contributed by atoms with Crippen LogP contribution in [0.25, 0.3) is 0 Å². The second-order valence-corrected chi connectivity index (χ2v) is 6.35. The molecular formula is C20H19N3O. The quantitative estimate of drug-likeness (QED) is 0.735. The van der Waals surface area contributed by atoms with Gasteiger partial charge in [0.1, 0.15) is 0 Å². The van der Waals surface area contributed by atoms with E-state index in [0.717, 1.165) is 22.5 Å². The molecule has 1 saturated heterocycles. The number of rotatable bonds is 2. The minimum Gasteiger partial charge on any atom is -0.378 e. The third kappa shape index (κ3) is 1.99. The summed E-state index contributed by atoms with van der Waals surface area (Å²) in [6, 6.07) is 7.38. The molecular weight excluding hydrogens is 298 g/mol. The zero-order chi connectivity index (χ0) is 16.8. The molecule has 0 amide bonds. The van der Waals surface area contributed by atoms with Crippen LogP contribution in [0.1, 0.15) is 10.4 Å². The summed E-state index contributed by atoms with van der Waals surface area (Å²) in [6.45, 7) is 7.70. The molecule has 1 aromatic rings. The van der Waals surface area contributed by atoms with E-state index in [2.05, 4.69) is 23.8 Å². The summed E-state index contributed by atoms with van der Waals surface area (Å²) >= 11 is 0. The lowest BCUT2D eigenvalue weighted by Gasteiger charge is -2.40. The number of hydrogen-bond donors (Lipinski definition) is 3. The monoisotopic (exact) mass is 317 g/mol.